The van der Waals surface area contributed by atoms with Crippen molar-refractivity contribution in [2.75, 3.05) is 50.7 Å². The number of nitrogens with one attached hydrogen (secondary N) is 1. The third kappa shape index (κ3) is 6.04. The van der Waals surface area contributed by atoms with E-state index >= 15 is 0 Å². The van der Waals surface area contributed by atoms with Gasteiger partial charge in [-0.25, -0.2) is 8.42 Å². The van der Waals surface area contributed by atoms with Crippen molar-refractivity contribution in [3.05, 3.63) is 59.1 Å². The molecular formula is C23H29ClN4O4S. The van der Waals surface area contributed by atoms with Gasteiger partial charge in [0.15, 0.2) is 0 Å². The molecule has 0 spiro atoms. The molecule has 2 aromatic carbocycles. The topological polar surface area (TPSA) is 90.0 Å². The largest absolute Gasteiger partial charge is 0.368 e. The highest BCUT2D eigenvalue weighted by Gasteiger charge is 2.23. The molecule has 0 radical (unpaired) electrons. The Morgan fingerprint density at radius 2 is 1.64 bits per heavy atom. The molecule has 1 aliphatic heterocycles. The van der Waals surface area contributed by atoms with Crippen LogP contribution in [0, 0.1) is 0 Å². The molecule has 1 N–H and O–H groups in total. The molecule has 10 heteroatoms. The van der Waals surface area contributed by atoms with Crippen LogP contribution in [0.1, 0.15) is 24.2 Å². The van der Waals surface area contributed by atoms with Gasteiger partial charge in [0, 0.05) is 55.5 Å². The van der Waals surface area contributed by atoms with Gasteiger partial charge in [0.05, 0.1) is 11.4 Å². The maximum Gasteiger partial charge on any atom is 0.251 e. The first kappa shape index (κ1) is 25.0. The van der Waals surface area contributed by atoms with Gasteiger partial charge in [-0.3, -0.25) is 9.59 Å². The number of piperazine rings is 1. The Morgan fingerprint density at radius 3 is 2.21 bits per heavy atom. The zero-order chi connectivity index (χ0) is 24.0. The Kier molecular flexibility index (Phi) is 8.34. The van der Waals surface area contributed by atoms with Crippen molar-refractivity contribution in [2.45, 2.75) is 18.7 Å². The van der Waals surface area contributed by atoms with Crippen LogP contribution in [-0.2, 0) is 14.8 Å². The van der Waals surface area contributed by atoms with E-state index in [1.54, 1.807) is 18.7 Å². The van der Waals surface area contributed by atoms with Crippen LogP contribution in [0.2, 0.25) is 5.02 Å². The van der Waals surface area contributed by atoms with Gasteiger partial charge in [-0.1, -0.05) is 31.5 Å². The van der Waals surface area contributed by atoms with E-state index in [-0.39, 0.29) is 17.3 Å². The van der Waals surface area contributed by atoms with Crippen LogP contribution in [0.5, 0.6) is 0 Å². The van der Waals surface area contributed by atoms with Crippen LogP contribution < -0.4 is 10.2 Å². The molecule has 2 aromatic rings. The lowest BCUT2D eigenvalue weighted by Gasteiger charge is -2.36. The van der Waals surface area contributed by atoms with E-state index in [0.29, 0.717) is 49.9 Å². The van der Waals surface area contributed by atoms with Crippen LogP contribution in [0.15, 0.2) is 53.4 Å². The van der Waals surface area contributed by atoms with Gasteiger partial charge in [0.2, 0.25) is 15.9 Å². The summed E-state index contributed by atoms with van der Waals surface area (Å²) in [4.78, 5) is 29.0. The molecule has 1 aliphatic rings. The molecule has 0 aromatic heterocycles. The minimum atomic E-state index is -3.58. The minimum absolute atomic E-state index is 0.116. The van der Waals surface area contributed by atoms with Gasteiger partial charge in [0.25, 0.3) is 5.91 Å². The summed E-state index contributed by atoms with van der Waals surface area (Å²) in [5, 5.41) is 3.30. The number of sulfonamides is 1. The second-order valence-electron chi connectivity index (χ2n) is 7.64. The first-order chi connectivity index (χ1) is 15.8. The fourth-order valence-corrected chi connectivity index (χ4v) is 5.39. The summed E-state index contributed by atoms with van der Waals surface area (Å²) < 4.78 is 26.5. The highest BCUT2D eigenvalue weighted by molar-refractivity contribution is 7.89. The molecule has 0 unspecified atom stereocenters. The van der Waals surface area contributed by atoms with Crippen molar-refractivity contribution in [1.29, 1.82) is 0 Å². The van der Waals surface area contributed by atoms with Crippen molar-refractivity contribution in [3.63, 3.8) is 0 Å². The fourth-order valence-electron chi connectivity index (χ4n) is 3.75. The average Bonchev–Trinajstić information content (AvgIpc) is 2.83. The number of hydrogen-bond donors (Lipinski definition) is 1. The van der Waals surface area contributed by atoms with Crippen LogP contribution >= 0.6 is 11.6 Å². The third-order valence-corrected chi connectivity index (χ3v) is 7.96. The van der Waals surface area contributed by atoms with Gasteiger partial charge in [-0.15, -0.1) is 0 Å². The molecule has 0 saturated carbocycles. The number of rotatable bonds is 8. The molecule has 1 saturated heterocycles. The fraction of sp³-hybridized carbons (Fsp3) is 0.391. The van der Waals surface area contributed by atoms with E-state index < -0.39 is 15.9 Å². The van der Waals surface area contributed by atoms with Gasteiger partial charge in [0.1, 0.15) is 0 Å². The Hall–Kier alpha value is -2.62. The van der Waals surface area contributed by atoms with Crippen LogP contribution in [0.3, 0.4) is 0 Å². The Bertz CT molecular complexity index is 1080. The molecule has 1 heterocycles. The number of anilines is 1. The molecular weight excluding hydrogens is 464 g/mol. The number of carbonyl (C=O) groups is 2. The van der Waals surface area contributed by atoms with E-state index in [9.17, 15) is 18.0 Å². The zero-order valence-corrected chi connectivity index (χ0v) is 20.4. The molecule has 0 aliphatic carbocycles. The predicted molar refractivity (Wildman–Crippen MR) is 129 cm³/mol. The first-order valence-electron chi connectivity index (χ1n) is 10.9. The molecule has 3 rings (SSSR count). The molecule has 178 valence electrons. The monoisotopic (exact) mass is 492 g/mol. The van der Waals surface area contributed by atoms with E-state index in [0.717, 1.165) is 5.69 Å². The number of nitrogens with zero attached hydrogens (tertiary/aromatic N) is 3. The summed E-state index contributed by atoms with van der Waals surface area (Å²) in [6.45, 7) is 6.65. The third-order valence-electron chi connectivity index (χ3n) is 5.67. The summed E-state index contributed by atoms with van der Waals surface area (Å²) in [5.41, 5.74) is 1.32. The first-order valence-corrected chi connectivity index (χ1v) is 12.7. The van der Waals surface area contributed by atoms with E-state index in [2.05, 4.69) is 10.2 Å². The van der Waals surface area contributed by atoms with Gasteiger partial charge >= 0.3 is 0 Å². The van der Waals surface area contributed by atoms with Crippen molar-refractivity contribution in [1.82, 2.24) is 14.5 Å². The van der Waals surface area contributed by atoms with Crippen molar-refractivity contribution in [3.8, 4) is 0 Å². The number of carbonyl (C=O) groups excluding carboxylic acids is 2. The Labute approximate surface area is 200 Å². The number of amides is 2. The minimum Gasteiger partial charge on any atom is -0.368 e. The smallest absolute Gasteiger partial charge is 0.251 e. The van der Waals surface area contributed by atoms with Crippen molar-refractivity contribution >= 4 is 39.1 Å². The lowest BCUT2D eigenvalue weighted by Crippen LogP contribution is -2.51. The number of benzene rings is 2. The van der Waals surface area contributed by atoms with Crippen LogP contribution in [-0.4, -0.2) is 75.3 Å². The van der Waals surface area contributed by atoms with Gasteiger partial charge < -0.3 is 15.1 Å². The second-order valence-corrected chi connectivity index (χ2v) is 10.0. The van der Waals surface area contributed by atoms with E-state index in [1.807, 2.05) is 24.3 Å². The van der Waals surface area contributed by atoms with Crippen molar-refractivity contribution < 1.29 is 18.0 Å². The molecule has 2 amide bonds. The summed E-state index contributed by atoms with van der Waals surface area (Å²) in [5.74, 6) is -0.581. The second kappa shape index (κ2) is 11.0. The van der Waals surface area contributed by atoms with Crippen LogP contribution in [0.25, 0.3) is 0 Å². The quantitative estimate of drug-likeness (QED) is 0.611. The SMILES string of the molecule is CCN(CC)S(=O)(=O)c1ccc(C(=O)NCC(=O)N2CCN(c3cccc(Cl)c3)CC2)cc1. The Balaban J connectivity index is 1.51. The summed E-state index contributed by atoms with van der Waals surface area (Å²) in [7, 11) is -3.58. The zero-order valence-electron chi connectivity index (χ0n) is 18.8. The summed E-state index contributed by atoms with van der Waals surface area (Å²) in [6.07, 6.45) is 0. The molecule has 8 nitrogen and oxygen atoms in total. The summed E-state index contributed by atoms with van der Waals surface area (Å²) >= 11 is 6.06. The van der Waals surface area contributed by atoms with Gasteiger partial charge in [-0.05, 0) is 42.5 Å². The van der Waals surface area contributed by atoms with E-state index in [1.165, 1.54) is 28.6 Å². The number of halogens is 1. The molecule has 1 fully saturated rings. The van der Waals surface area contributed by atoms with E-state index in [4.69, 9.17) is 11.6 Å². The number of hydrogen-bond acceptors (Lipinski definition) is 5. The normalized spacial score (nSPS) is 14.4. The standard InChI is InChI=1S/C23H29ClN4O4S/c1-3-28(4-2)33(31,32)21-10-8-18(9-11-21)23(30)25-17-22(29)27-14-12-26(13-15-27)20-7-5-6-19(24)16-20/h5-11,16H,3-4,12-15,17H2,1-2H3,(H,25,30). The van der Waals surface area contributed by atoms with Gasteiger partial charge in [-0.2, -0.15) is 4.31 Å². The predicted octanol–water partition coefficient (Wildman–Crippen LogP) is 2.45. The maximum atomic E-state index is 12.6. The molecule has 33 heavy (non-hydrogen) atoms. The lowest BCUT2D eigenvalue weighted by molar-refractivity contribution is -0.130. The lowest BCUT2D eigenvalue weighted by atomic mass is 10.2. The molecule has 0 atom stereocenters. The average molecular weight is 493 g/mol. The highest BCUT2D eigenvalue weighted by atomic mass is 35.5. The van der Waals surface area contributed by atoms with Crippen LogP contribution in [0.4, 0.5) is 5.69 Å². The Morgan fingerprint density at radius 1 is 1.00 bits per heavy atom. The highest BCUT2D eigenvalue weighted by Crippen LogP contribution is 2.21. The maximum absolute atomic E-state index is 12.6. The van der Waals surface area contributed by atoms with Crippen molar-refractivity contribution in [2.24, 2.45) is 0 Å². The summed E-state index contributed by atoms with van der Waals surface area (Å²) in [6, 6.07) is 13.4. The molecule has 0 bridgehead atoms.